The minimum absolute atomic E-state index is 0.0197. The molecule has 13 heavy (non-hydrogen) atoms. The zero-order valence-corrected chi connectivity index (χ0v) is 7.87. The molecule has 0 aliphatic carbocycles. The van der Waals surface area contributed by atoms with Crippen molar-refractivity contribution in [3.05, 3.63) is 35.9 Å². The van der Waals surface area contributed by atoms with Gasteiger partial charge in [-0.3, -0.25) is 4.79 Å². The standard InChI is InChI=1S/C10H14N2O/c1-11-9(10(13)12-2)8-6-4-3-5-7-8/h3-7,9,11H,1-2H3,(H,12,13). The minimum atomic E-state index is -0.258. The van der Waals surface area contributed by atoms with Gasteiger partial charge in [-0.2, -0.15) is 0 Å². The summed E-state index contributed by atoms with van der Waals surface area (Å²) < 4.78 is 0. The molecule has 70 valence electrons. The molecule has 1 amide bonds. The maximum atomic E-state index is 11.4. The highest BCUT2D eigenvalue weighted by molar-refractivity contribution is 5.82. The molecule has 1 atom stereocenters. The lowest BCUT2D eigenvalue weighted by atomic mass is 10.1. The van der Waals surface area contributed by atoms with Crippen LogP contribution in [0.1, 0.15) is 11.6 Å². The maximum Gasteiger partial charge on any atom is 0.241 e. The zero-order valence-electron chi connectivity index (χ0n) is 7.87. The first-order valence-corrected chi connectivity index (χ1v) is 4.23. The number of amides is 1. The van der Waals surface area contributed by atoms with Gasteiger partial charge in [-0.25, -0.2) is 0 Å². The van der Waals surface area contributed by atoms with Crippen molar-refractivity contribution in [3.63, 3.8) is 0 Å². The van der Waals surface area contributed by atoms with Gasteiger partial charge < -0.3 is 10.6 Å². The fourth-order valence-corrected chi connectivity index (χ4v) is 1.24. The van der Waals surface area contributed by atoms with Gasteiger partial charge in [-0.05, 0) is 12.6 Å². The molecular formula is C10H14N2O. The summed E-state index contributed by atoms with van der Waals surface area (Å²) in [6.07, 6.45) is 0. The van der Waals surface area contributed by atoms with Gasteiger partial charge in [0, 0.05) is 7.05 Å². The van der Waals surface area contributed by atoms with Crippen LogP contribution in [0.3, 0.4) is 0 Å². The van der Waals surface area contributed by atoms with Gasteiger partial charge in [0.25, 0.3) is 0 Å². The van der Waals surface area contributed by atoms with Gasteiger partial charge >= 0.3 is 0 Å². The molecule has 0 spiro atoms. The Morgan fingerprint density at radius 1 is 1.23 bits per heavy atom. The second kappa shape index (κ2) is 4.62. The SMILES string of the molecule is CNC(=O)C(NC)c1ccccc1. The molecule has 1 aromatic rings. The molecule has 3 nitrogen and oxygen atoms in total. The Kier molecular flexibility index (Phi) is 3.46. The zero-order chi connectivity index (χ0) is 9.68. The van der Waals surface area contributed by atoms with E-state index >= 15 is 0 Å². The number of likely N-dealkylation sites (N-methyl/N-ethyl adjacent to an activating group) is 2. The lowest BCUT2D eigenvalue weighted by Gasteiger charge is -2.14. The third-order valence-electron chi connectivity index (χ3n) is 1.93. The second-order valence-electron chi connectivity index (χ2n) is 2.75. The van der Waals surface area contributed by atoms with Gasteiger partial charge in [-0.15, -0.1) is 0 Å². The molecule has 0 heterocycles. The number of hydrogen-bond donors (Lipinski definition) is 2. The summed E-state index contributed by atoms with van der Waals surface area (Å²) in [6, 6.07) is 9.36. The van der Waals surface area contributed by atoms with Gasteiger partial charge in [0.05, 0.1) is 0 Å². The molecule has 0 fully saturated rings. The predicted molar refractivity (Wildman–Crippen MR) is 52.3 cm³/mol. The monoisotopic (exact) mass is 178 g/mol. The predicted octanol–water partition coefficient (Wildman–Crippen LogP) is 0.693. The van der Waals surface area contributed by atoms with Crippen molar-refractivity contribution in [2.75, 3.05) is 14.1 Å². The van der Waals surface area contributed by atoms with Gasteiger partial charge in [0.2, 0.25) is 5.91 Å². The fraction of sp³-hybridized carbons (Fsp3) is 0.300. The average molecular weight is 178 g/mol. The molecule has 1 rings (SSSR count). The number of hydrogen-bond acceptors (Lipinski definition) is 2. The highest BCUT2D eigenvalue weighted by Crippen LogP contribution is 2.11. The van der Waals surface area contributed by atoms with Crippen LogP contribution in [0.2, 0.25) is 0 Å². The number of benzene rings is 1. The van der Waals surface area contributed by atoms with Crippen LogP contribution in [0, 0.1) is 0 Å². The van der Waals surface area contributed by atoms with Crippen LogP contribution >= 0.6 is 0 Å². The van der Waals surface area contributed by atoms with Crippen molar-refractivity contribution in [1.29, 1.82) is 0 Å². The van der Waals surface area contributed by atoms with Crippen LogP contribution in [0.5, 0.6) is 0 Å². The summed E-state index contributed by atoms with van der Waals surface area (Å²) >= 11 is 0. The number of carbonyl (C=O) groups is 1. The van der Waals surface area contributed by atoms with Crippen LogP contribution in [0.25, 0.3) is 0 Å². The smallest absolute Gasteiger partial charge is 0.241 e. The molecule has 0 aliphatic rings. The molecule has 1 aromatic carbocycles. The Morgan fingerprint density at radius 3 is 2.31 bits per heavy atom. The Hall–Kier alpha value is -1.35. The second-order valence-corrected chi connectivity index (χ2v) is 2.75. The molecule has 2 N–H and O–H groups in total. The van der Waals surface area contributed by atoms with Gasteiger partial charge in [0.15, 0.2) is 0 Å². The van der Waals surface area contributed by atoms with Crippen molar-refractivity contribution in [2.24, 2.45) is 0 Å². The van der Waals surface area contributed by atoms with E-state index in [0.717, 1.165) is 5.56 Å². The minimum Gasteiger partial charge on any atom is -0.358 e. The number of rotatable bonds is 3. The number of nitrogens with one attached hydrogen (secondary N) is 2. The van der Waals surface area contributed by atoms with Gasteiger partial charge in [0.1, 0.15) is 6.04 Å². The number of carbonyl (C=O) groups excluding carboxylic acids is 1. The average Bonchev–Trinajstić information content (AvgIpc) is 2.20. The van der Waals surface area contributed by atoms with E-state index in [1.807, 2.05) is 30.3 Å². The van der Waals surface area contributed by atoms with Crippen molar-refractivity contribution in [3.8, 4) is 0 Å². The van der Waals surface area contributed by atoms with Gasteiger partial charge in [-0.1, -0.05) is 30.3 Å². The van der Waals surface area contributed by atoms with Crippen molar-refractivity contribution in [2.45, 2.75) is 6.04 Å². The Bertz CT molecular complexity index is 272. The highest BCUT2D eigenvalue weighted by Gasteiger charge is 2.15. The van der Waals surface area contributed by atoms with Crippen LogP contribution in [-0.4, -0.2) is 20.0 Å². The normalized spacial score (nSPS) is 12.2. The molecule has 0 radical (unpaired) electrons. The summed E-state index contributed by atoms with van der Waals surface area (Å²) in [5, 5.41) is 5.57. The summed E-state index contributed by atoms with van der Waals surface area (Å²) in [7, 11) is 3.41. The summed E-state index contributed by atoms with van der Waals surface area (Å²) in [5.74, 6) is -0.0197. The molecule has 0 aliphatic heterocycles. The topological polar surface area (TPSA) is 41.1 Å². The van der Waals surface area contributed by atoms with Crippen molar-refractivity contribution >= 4 is 5.91 Å². The molecule has 0 saturated heterocycles. The Morgan fingerprint density at radius 2 is 1.85 bits per heavy atom. The quantitative estimate of drug-likeness (QED) is 0.715. The van der Waals surface area contributed by atoms with E-state index in [0.29, 0.717) is 0 Å². The lowest BCUT2D eigenvalue weighted by molar-refractivity contribution is -0.122. The molecule has 0 bridgehead atoms. The third kappa shape index (κ3) is 2.29. The summed E-state index contributed by atoms with van der Waals surface area (Å²) in [6.45, 7) is 0. The first-order chi connectivity index (χ1) is 6.29. The molecule has 1 unspecified atom stereocenters. The van der Waals surface area contributed by atoms with Crippen molar-refractivity contribution in [1.82, 2.24) is 10.6 Å². The fourth-order valence-electron chi connectivity index (χ4n) is 1.24. The van der Waals surface area contributed by atoms with Crippen LogP contribution in [0.15, 0.2) is 30.3 Å². The highest BCUT2D eigenvalue weighted by atomic mass is 16.2. The third-order valence-corrected chi connectivity index (χ3v) is 1.93. The first-order valence-electron chi connectivity index (χ1n) is 4.23. The van der Waals surface area contributed by atoms with Crippen LogP contribution < -0.4 is 10.6 Å². The Labute approximate surface area is 78.2 Å². The van der Waals surface area contributed by atoms with E-state index in [9.17, 15) is 4.79 Å². The van der Waals surface area contributed by atoms with E-state index in [1.165, 1.54) is 0 Å². The van der Waals surface area contributed by atoms with E-state index in [1.54, 1.807) is 14.1 Å². The van der Waals surface area contributed by atoms with Crippen molar-refractivity contribution < 1.29 is 4.79 Å². The molecule has 0 aromatic heterocycles. The lowest BCUT2D eigenvalue weighted by Crippen LogP contribution is -2.33. The molecule has 3 heteroatoms. The molecule has 0 saturated carbocycles. The Balaban J connectivity index is 2.85. The summed E-state index contributed by atoms with van der Waals surface area (Å²) in [4.78, 5) is 11.4. The van der Waals surface area contributed by atoms with Crippen LogP contribution in [0.4, 0.5) is 0 Å². The first kappa shape index (κ1) is 9.74. The summed E-state index contributed by atoms with van der Waals surface area (Å²) in [5.41, 5.74) is 0.976. The van der Waals surface area contributed by atoms with Crippen LogP contribution in [-0.2, 0) is 4.79 Å². The van der Waals surface area contributed by atoms with E-state index in [-0.39, 0.29) is 11.9 Å². The van der Waals surface area contributed by atoms with E-state index < -0.39 is 0 Å². The maximum absolute atomic E-state index is 11.4. The van der Waals surface area contributed by atoms with E-state index in [2.05, 4.69) is 10.6 Å². The largest absolute Gasteiger partial charge is 0.358 e. The molecular weight excluding hydrogens is 164 g/mol. The van der Waals surface area contributed by atoms with E-state index in [4.69, 9.17) is 0 Å².